The second kappa shape index (κ2) is 13.1. The standard InChI is InChI=1S/C22H34N4O2.HI/c1-23-22(24-12-9-18-10-15-28-16-11-18)25-17-21(26-13-3-4-14-26)19-5-7-20(27-2)8-6-19;/h5-8,10,21H,3-4,9,11-17H2,1-2H3,(H2,23,24,25);1H. The highest BCUT2D eigenvalue weighted by Crippen LogP contribution is 2.26. The van der Waals surface area contributed by atoms with E-state index in [0.717, 1.165) is 63.9 Å². The number of hydrogen-bond acceptors (Lipinski definition) is 4. The van der Waals surface area contributed by atoms with E-state index in [2.05, 4.69) is 38.7 Å². The van der Waals surface area contributed by atoms with Gasteiger partial charge in [-0.1, -0.05) is 23.8 Å². The second-order valence-corrected chi connectivity index (χ2v) is 7.35. The number of methoxy groups -OCH3 is 1. The highest BCUT2D eigenvalue weighted by molar-refractivity contribution is 14.0. The summed E-state index contributed by atoms with van der Waals surface area (Å²) in [6, 6.07) is 8.79. The van der Waals surface area contributed by atoms with Crippen molar-refractivity contribution in [3.8, 4) is 5.75 Å². The SMILES string of the molecule is CN=C(NCCC1=CCOCC1)NCC(c1ccc(OC)cc1)N1CCCC1.I. The van der Waals surface area contributed by atoms with Gasteiger partial charge in [0.05, 0.1) is 26.4 Å². The van der Waals surface area contributed by atoms with Crippen molar-refractivity contribution >= 4 is 29.9 Å². The van der Waals surface area contributed by atoms with Crippen LogP contribution in [-0.2, 0) is 4.74 Å². The number of hydrogen-bond donors (Lipinski definition) is 2. The van der Waals surface area contributed by atoms with Crippen molar-refractivity contribution in [1.82, 2.24) is 15.5 Å². The number of nitrogens with zero attached hydrogens (tertiary/aromatic N) is 2. The molecule has 1 unspecified atom stereocenters. The lowest BCUT2D eigenvalue weighted by Crippen LogP contribution is -2.43. The molecule has 2 N–H and O–H groups in total. The van der Waals surface area contributed by atoms with Crippen molar-refractivity contribution in [1.29, 1.82) is 0 Å². The molecule has 6 nitrogen and oxygen atoms in total. The third kappa shape index (κ3) is 7.46. The Kier molecular flexibility index (Phi) is 10.8. The number of benzene rings is 1. The van der Waals surface area contributed by atoms with Gasteiger partial charge in [0.2, 0.25) is 0 Å². The fourth-order valence-electron chi connectivity index (χ4n) is 3.89. The smallest absolute Gasteiger partial charge is 0.191 e. The third-order valence-corrected chi connectivity index (χ3v) is 5.56. The molecule has 1 aromatic rings. The van der Waals surface area contributed by atoms with E-state index >= 15 is 0 Å². The lowest BCUT2D eigenvalue weighted by molar-refractivity contribution is 0.153. The van der Waals surface area contributed by atoms with Crippen LogP contribution in [0.25, 0.3) is 0 Å². The van der Waals surface area contributed by atoms with Crippen LogP contribution in [0.2, 0.25) is 0 Å². The molecule has 0 radical (unpaired) electrons. The summed E-state index contributed by atoms with van der Waals surface area (Å²) in [5, 5.41) is 6.98. The van der Waals surface area contributed by atoms with Gasteiger partial charge in [0.1, 0.15) is 5.75 Å². The first-order valence-corrected chi connectivity index (χ1v) is 10.4. The summed E-state index contributed by atoms with van der Waals surface area (Å²) in [4.78, 5) is 6.97. The Hall–Kier alpha value is -1.32. The molecule has 3 rings (SSSR count). The number of rotatable bonds is 8. The van der Waals surface area contributed by atoms with E-state index in [-0.39, 0.29) is 24.0 Å². The molecule has 162 valence electrons. The van der Waals surface area contributed by atoms with Gasteiger partial charge in [-0.3, -0.25) is 9.89 Å². The van der Waals surface area contributed by atoms with Crippen molar-refractivity contribution in [3.63, 3.8) is 0 Å². The predicted molar refractivity (Wildman–Crippen MR) is 129 cm³/mol. The van der Waals surface area contributed by atoms with E-state index < -0.39 is 0 Å². The summed E-state index contributed by atoms with van der Waals surface area (Å²) in [7, 11) is 3.54. The summed E-state index contributed by atoms with van der Waals surface area (Å²) in [6.07, 6.45) is 6.84. The average molecular weight is 514 g/mol. The summed E-state index contributed by atoms with van der Waals surface area (Å²) in [6.45, 7) is 5.63. The third-order valence-electron chi connectivity index (χ3n) is 5.56. The Morgan fingerprint density at radius 2 is 1.97 bits per heavy atom. The number of nitrogens with one attached hydrogen (secondary N) is 2. The van der Waals surface area contributed by atoms with Gasteiger partial charge in [0.15, 0.2) is 5.96 Å². The molecule has 7 heteroatoms. The average Bonchev–Trinajstić information content (AvgIpc) is 3.28. The van der Waals surface area contributed by atoms with Gasteiger partial charge in [-0.25, -0.2) is 0 Å². The molecular formula is C22H35IN4O2. The fraction of sp³-hybridized carbons (Fsp3) is 0.591. The Morgan fingerprint density at radius 1 is 1.21 bits per heavy atom. The van der Waals surface area contributed by atoms with Gasteiger partial charge < -0.3 is 20.1 Å². The van der Waals surface area contributed by atoms with E-state index in [9.17, 15) is 0 Å². The molecule has 0 aliphatic carbocycles. The quantitative estimate of drug-likeness (QED) is 0.241. The Bertz CT molecular complexity index is 657. The van der Waals surface area contributed by atoms with Crippen LogP contribution >= 0.6 is 24.0 Å². The largest absolute Gasteiger partial charge is 0.497 e. The van der Waals surface area contributed by atoms with E-state index in [4.69, 9.17) is 9.47 Å². The summed E-state index contributed by atoms with van der Waals surface area (Å²) < 4.78 is 10.7. The first kappa shape index (κ1) is 24.0. The minimum Gasteiger partial charge on any atom is -0.497 e. The molecule has 2 aliphatic rings. The fourth-order valence-corrected chi connectivity index (χ4v) is 3.89. The first-order chi connectivity index (χ1) is 13.8. The van der Waals surface area contributed by atoms with Gasteiger partial charge >= 0.3 is 0 Å². The zero-order valence-electron chi connectivity index (χ0n) is 17.7. The molecule has 29 heavy (non-hydrogen) atoms. The minimum absolute atomic E-state index is 0. The topological polar surface area (TPSA) is 58.1 Å². The predicted octanol–water partition coefficient (Wildman–Crippen LogP) is 3.35. The van der Waals surface area contributed by atoms with Crippen LogP contribution in [0, 0.1) is 0 Å². The molecule has 1 saturated heterocycles. The second-order valence-electron chi connectivity index (χ2n) is 7.35. The van der Waals surface area contributed by atoms with Gasteiger partial charge in [0.25, 0.3) is 0 Å². The monoisotopic (exact) mass is 514 g/mol. The normalized spacial score (nSPS) is 18.6. The van der Waals surface area contributed by atoms with E-state index in [1.54, 1.807) is 7.11 Å². The molecule has 1 atom stereocenters. The Labute approximate surface area is 192 Å². The lowest BCUT2D eigenvalue weighted by Gasteiger charge is -2.29. The van der Waals surface area contributed by atoms with Crippen LogP contribution in [0.3, 0.4) is 0 Å². The molecule has 1 aromatic carbocycles. The van der Waals surface area contributed by atoms with Gasteiger partial charge in [-0.15, -0.1) is 24.0 Å². The molecule has 0 amide bonds. The van der Waals surface area contributed by atoms with Crippen LogP contribution < -0.4 is 15.4 Å². The van der Waals surface area contributed by atoms with Crippen LogP contribution in [0.4, 0.5) is 0 Å². The van der Waals surface area contributed by atoms with Gasteiger partial charge in [-0.05, 0) is 56.5 Å². The van der Waals surface area contributed by atoms with Crippen molar-refractivity contribution in [2.45, 2.75) is 31.7 Å². The number of halogens is 1. The number of likely N-dealkylation sites (tertiary alicyclic amines) is 1. The number of ether oxygens (including phenoxy) is 2. The van der Waals surface area contributed by atoms with Crippen LogP contribution in [0.1, 0.15) is 37.3 Å². The van der Waals surface area contributed by atoms with Crippen molar-refractivity contribution < 1.29 is 9.47 Å². The zero-order valence-corrected chi connectivity index (χ0v) is 20.0. The lowest BCUT2D eigenvalue weighted by atomic mass is 10.1. The zero-order chi connectivity index (χ0) is 19.6. The molecule has 1 fully saturated rings. The van der Waals surface area contributed by atoms with Crippen LogP contribution in [-0.4, -0.2) is 64.4 Å². The highest BCUT2D eigenvalue weighted by Gasteiger charge is 2.23. The molecule has 0 aromatic heterocycles. The van der Waals surface area contributed by atoms with Crippen molar-refractivity contribution in [2.24, 2.45) is 4.99 Å². The number of aliphatic imine (C=N–C) groups is 1. The van der Waals surface area contributed by atoms with E-state index in [1.165, 1.54) is 24.0 Å². The van der Waals surface area contributed by atoms with Gasteiger partial charge in [0, 0.05) is 20.1 Å². The molecule has 0 spiro atoms. The molecule has 2 heterocycles. The van der Waals surface area contributed by atoms with Crippen molar-refractivity contribution in [2.75, 3.05) is 53.6 Å². The van der Waals surface area contributed by atoms with Crippen LogP contribution in [0.5, 0.6) is 5.75 Å². The maximum atomic E-state index is 5.37. The first-order valence-electron chi connectivity index (χ1n) is 10.4. The molecular weight excluding hydrogens is 479 g/mol. The Morgan fingerprint density at radius 3 is 2.59 bits per heavy atom. The number of guanidine groups is 1. The maximum Gasteiger partial charge on any atom is 0.191 e. The van der Waals surface area contributed by atoms with Crippen LogP contribution in [0.15, 0.2) is 40.9 Å². The minimum atomic E-state index is 0. The Balaban J connectivity index is 0.00000300. The molecule has 0 bridgehead atoms. The molecule has 2 aliphatic heterocycles. The summed E-state index contributed by atoms with van der Waals surface area (Å²) in [5.74, 6) is 1.77. The molecule has 0 saturated carbocycles. The van der Waals surface area contributed by atoms with E-state index in [1.807, 2.05) is 19.2 Å². The summed E-state index contributed by atoms with van der Waals surface area (Å²) >= 11 is 0. The maximum absolute atomic E-state index is 5.37. The highest BCUT2D eigenvalue weighted by atomic mass is 127. The van der Waals surface area contributed by atoms with Crippen molar-refractivity contribution in [3.05, 3.63) is 41.5 Å². The van der Waals surface area contributed by atoms with Gasteiger partial charge in [-0.2, -0.15) is 0 Å². The van der Waals surface area contributed by atoms with E-state index in [0.29, 0.717) is 6.04 Å². The summed E-state index contributed by atoms with van der Waals surface area (Å²) in [5.41, 5.74) is 2.79.